The lowest BCUT2D eigenvalue weighted by atomic mass is 9.84. The fourth-order valence-corrected chi connectivity index (χ4v) is 9.74. The van der Waals surface area contributed by atoms with Gasteiger partial charge in [-0.1, -0.05) is 67.6 Å². The highest BCUT2D eigenvalue weighted by atomic mass is 16.7. The lowest BCUT2D eigenvalue weighted by Gasteiger charge is -2.48. The van der Waals surface area contributed by atoms with Gasteiger partial charge in [0.15, 0.2) is 12.6 Å². The number of aromatic nitrogens is 3. The van der Waals surface area contributed by atoms with Crippen LogP contribution in [0.5, 0.6) is 0 Å². The fourth-order valence-electron chi connectivity index (χ4n) is 9.74. The molecular weight excluding hydrogens is 985 g/mol. The topological polar surface area (TPSA) is 416 Å². The summed E-state index contributed by atoms with van der Waals surface area (Å²) in [6, 6.07) is 9.66. The van der Waals surface area contributed by atoms with Crippen LogP contribution >= 0.6 is 0 Å². The Kier molecular flexibility index (Phi) is 18.6. The number of nitrogens with zero attached hydrogens (tertiary/aromatic N) is 3. The third-order valence-electron chi connectivity index (χ3n) is 13.7. The van der Waals surface area contributed by atoms with Crippen molar-refractivity contribution in [1.29, 1.82) is 0 Å². The first-order chi connectivity index (χ1) is 35.5. The summed E-state index contributed by atoms with van der Waals surface area (Å²) in [6.45, 7) is 7.38. The third kappa shape index (κ3) is 13.5. The first kappa shape index (κ1) is 57.4. The highest BCUT2D eigenvalue weighted by Gasteiger charge is 2.52. The maximum Gasteiger partial charge on any atom is 0.407 e. The summed E-state index contributed by atoms with van der Waals surface area (Å²) < 4.78 is 35.9. The van der Waals surface area contributed by atoms with Crippen molar-refractivity contribution < 1.29 is 78.2 Å². The summed E-state index contributed by atoms with van der Waals surface area (Å²) in [7, 11) is 0. The predicted molar refractivity (Wildman–Crippen MR) is 262 cm³/mol. The number of hydrogen-bond donors (Lipinski definition) is 13. The van der Waals surface area contributed by atoms with E-state index in [-0.39, 0.29) is 44.1 Å². The van der Waals surface area contributed by atoms with E-state index in [1.807, 2.05) is 48.5 Å². The van der Waals surface area contributed by atoms with Gasteiger partial charge in [0.2, 0.25) is 11.8 Å². The highest BCUT2D eigenvalue weighted by molar-refractivity contribution is 5.92. The fraction of sp³-hybridized carbons (Fsp3) is 0.633. The number of aliphatic hydroxyl groups is 6. The number of aliphatic hydroxyl groups excluding tert-OH is 6. The normalized spacial score (nSPS) is 31.7. The molecule has 3 aromatic rings. The Labute approximate surface area is 432 Å². The van der Waals surface area contributed by atoms with Gasteiger partial charge in [-0.05, 0) is 55.4 Å². The first-order valence-electron chi connectivity index (χ1n) is 24.9. The van der Waals surface area contributed by atoms with Crippen LogP contribution in [0.3, 0.4) is 0 Å². The minimum Gasteiger partial charge on any atom is -0.459 e. The molecule has 1 saturated carbocycles. The molecule has 0 bridgehead atoms. The lowest BCUT2D eigenvalue weighted by molar-refractivity contribution is -0.331. The Morgan fingerprint density at radius 1 is 0.773 bits per heavy atom. The Morgan fingerprint density at radius 3 is 1.95 bits per heavy atom. The molecule has 2 aliphatic carbocycles. The van der Waals surface area contributed by atoms with E-state index in [0.717, 1.165) is 22.3 Å². The van der Waals surface area contributed by atoms with Crippen molar-refractivity contribution in [2.24, 2.45) is 28.9 Å². The number of fused-ring (bicyclic) bond motifs is 3. The van der Waals surface area contributed by atoms with E-state index in [1.54, 1.807) is 34.6 Å². The van der Waals surface area contributed by atoms with E-state index in [4.69, 9.17) is 51.4 Å². The SMILES string of the molecule is CC(C)C(NC(=O)C(Cc1cn(C[C@H]2O[C@H](O[C@H]3[C@H](O)[C@@H](O[C@H]4O[C@H](CN)[C@@H](O)[C@H](O)[C@H]4O)[C@H](N)C[C@@H]3N)[C@H](O)[C@@H](N)[C@@H]2O)nn1)NC(=O)OCC1c2ccccc2-c2ccccc21)C(=O)NCC(=O)OC(C)(C)C. The van der Waals surface area contributed by atoms with Gasteiger partial charge in [-0.25, -0.2) is 9.48 Å². The summed E-state index contributed by atoms with van der Waals surface area (Å²) in [5.41, 5.74) is 28.0. The number of ether oxygens (including phenoxy) is 6. The zero-order valence-electron chi connectivity index (χ0n) is 42.3. The van der Waals surface area contributed by atoms with Crippen molar-refractivity contribution in [2.45, 2.75) is 169 Å². The standard InChI is InChI=1S/C49H72N10O16/c1-21(2)35(45(68)54-17-33(60)75-49(3,4)5)56-44(67)30(55-48(69)70-20-27-25-12-8-6-10-23(25)24-11-7-9-13-26(24)27)14-22-18-59(58-57-22)19-32-36(61)34(53)38(63)46(72-32)73-42-28(51)15-29(52)43(41(42)66)74-47-40(65)39(64)37(62)31(16-50)71-47/h6-13,18,21,27-32,34-43,46-47,61-66H,14-17,19-20,50-53H2,1-5H3,(H,54,68)(H,55,69)(H,56,67)/t28-,29+,30?,31+,32+,34-,35?,36+,37+,38+,39-,40+,41-,42+,43-,46+,47+/m0/s1. The van der Waals surface area contributed by atoms with Gasteiger partial charge in [0.25, 0.3) is 0 Å². The molecule has 2 unspecified atom stereocenters. The molecule has 75 heavy (non-hydrogen) atoms. The molecule has 2 aliphatic heterocycles. The van der Waals surface area contributed by atoms with Crippen molar-refractivity contribution >= 4 is 23.9 Å². The molecule has 17 N–H and O–H groups in total. The van der Waals surface area contributed by atoms with Crippen LogP contribution in [0.2, 0.25) is 0 Å². The van der Waals surface area contributed by atoms with Gasteiger partial charge >= 0.3 is 12.1 Å². The largest absolute Gasteiger partial charge is 0.459 e. The van der Waals surface area contributed by atoms with Gasteiger partial charge < -0.3 is 97.9 Å². The molecule has 3 fully saturated rings. The van der Waals surface area contributed by atoms with Gasteiger partial charge in [0.1, 0.15) is 85.8 Å². The van der Waals surface area contributed by atoms with Crippen LogP contribution in [0.4, 0.5) is 4.79 Å². The van der Waals surface area contributed by atoms with Crippen LogP contribution in [0.15, 0.2) is 54.7 Å². The van der Waals surface area contributed by atoms with E-state index >= 15 is 0 Å². The quantitative estimate of drug-likeness (QED) is 0.0541. The molecule has 4 aliphatic rings. The van der Waals surface area contributed by atoms with Crippen LogP contribution in [0, 0.1) is 5.92 Å². The number of carbonyl (C=O) groups is 4. The maximum absolute atomic E-state index is 14.2. The van der Waals surface area contributed by atoms with Crippen molar-refractivity contribution in [3.8, 4) is 11.1 Å². The molecule has 7 rings (SSSR count). The second-order valence-corrected chi connectivity index (χ2v) is 20.8. The van der Waals surface area contributed by atoms with Crippen molar-refractivity contribution in [3.05, 3.63) is 71.5 Å². The summed E-state index contributed by atoms with van der Waals surface area (Å²) in [5, 5.41) is 81.3. The number of amides is 3. The van der Waals surface area contributed by atoms with E-state index in [0.29, 0.717) is 0 Å². The Morgan fingerprint density at radius 2 is 1.36 bits per heavy atom. The minimum atomic E-state index is -1.76. The number of nitrogens with one attached hydrogen (secondary N) is 3. The van der Waals surface area contributed by atoms with Gasteiger partial charge in [-0.2, -0.15) is 0 Å². The van der Waals surface area contributed by atoms with Crippen molar-refractivity contribution in [1.82, 2.24) is 30.9 Å². The third-order valence-corrected chi connectivity index (χ3v) is 13.7. The molecule has 2 saturated heterocycles. The average molecular weight is 1060 g/mol. The van der Waals surface area contributed by atoms with E-state index in [2.05, 4.69) is 26.3 Å². The van der Waals surface area contributed by atoms with E-state index < -0.39 is 146 Å². The molecule has 2 aromatic carbocycles. The molecule has 3 amide bonds. The first-order valence-corrected chi connectivity index (χ1v) is 24.9. The minimum absolute atomic E-state index is 0.0159. The number of alkyl carbamates (subject to hydrolysis) is 1. The van der Waals surface area contributed by atoms with E-state index in [9.17, 15) is 49.8 Å². The average Bonchev–Trinajstić information content (AvgIpc) is 3.94. The van der Waals surface area contributed by atoms with Gasteiger partial charge in [-0.15, -0.1) is 5.10 Å². The molecule has 1 aromatic heterocycles. The summed E-state index contributed by atoms with van der Waals surface area (Å²) in [5.74, 6) is -2.96. The van der Waals surface area contributed by atoms with Crippen LogP contribution < -0.4 is 38.9 Å². The second kappa shape index (κ2) is 24.4. The number of carbonyl (C=O) groups excluding carboxylic acids is 4. The zero-order valence-corrected chi connectivity index (χ0v) is 42.3. The zero-order chi connectivity index (χ0) is 54.6. The number of hydrogen-bond acceptors (Lipinski definition) is 22. The number of rotatable bonds is 18. The summed E-state index contributed by atoms with van der Waals surface area (Å²) in [6.07, 6.45) is -17.9. The Balaban J connectivity index is 1.04. The number of benzene rings is 2. The molecule has 3 heterocycles. The van der Waals surface area contributed by atoms with Gasteiger partial charge in [0.05, 0.1) is 24.4 Å². The van der Waals surface area contributed by atoms with Crippen LogP contribution in [-0.4, -0.2) is 199 Å². The summed E-state index contributed by atoms with van der Waals surface area (Å²) >= 11 is 0. The predicted octanol–water partition coefficient (Wildman–Crippen LogP) is -3.94. The molecule has 17 atom stereocenters. The number of esters is 1. The molecule has 26 nitrogen and oxygen atoms in total. The Bertz CT molecular complexity index is 2400. The number of nitrogens with two attached hydrogens (primary N) is 4. The molecule has 0 spiro atoms. The van der Waals surface area contributed by atoms with Crippen molar-refractivity contribution in [3.63, 3.8) is 0 Å². The smallest absolute Gasteiger partial charge is 0.407 e. The maximum atomic E-state index is 14.2. The molecule has 0 radical (unpaired) electrons. The monoisotopic (exact) mass is 1060 g/mol. The van der Waals surface area contributed by atoms with Crippen LogP contribution in [0.1, 0.15) is 63.8 Å². The second-order valence-electron chi connectivity index (χ2n) is 20.8. The van der Waals surface area contributed by atoms with Crippen LogP contribution in [-0.2, 0) is 55.8 Å². The Hall–Kier alpha value is -5.30. The van der Waals surface area contributed by atoms with Gasteiger partial charge in [0, 0.05) is 37.2 Å². The molecular formula is C49H72N10O16. The van der Waals surface area contributed by atoms with E-state index in [1.165, 1.54) is 10.9 Å². The molecule has 26 heteroatoms. The van der Waals surface area contributed by atoms with Crippen LogP contribution in [0.25, 0.3) is 11.1 Å². The highest BCUT2D eigenvalue weighted by Crippen LogP contribution is 2.44. The lowest BCUT2D eigenvalue weighted by Crippen LogP contribution is -2.68. The van der Waals surface area contributed by atoms with Crippen molar-refractivity contribution in [2.75, 3.05) is 19.7 Å². The van der Waals surface area contributed by atoms with Gasteiger partial charge in [-0.3, -0.25) is 14.4 Å². The molecule has 414 valence electrons. The summed E-state index contributed by atoms with van der Waals surface area (Å²) in [4.78, 5) is 53.7.